The molecule has 0 bridgehead atoms. The summed E-state index contributed by atoms with van der Waals surface area (Å²) in [4.78, 5) is 5.06. The molecule has 1 saturated heterocycles. The average Bonchev–Trinajstić information content (AvgIpc) is 2.85. The van der Waals surface area contributed by atoms with Crippen LogP contribution >= 0.6 is 0 Å². The van der Waals surface area contributed by atoms with E-state index in [0.29, 0.717) is 6.04 Å². The largest absolute Gasteiger partial charge is 0.392 e. The van der Waals surface area contributed by atoms with Gasteiger partial charge in [-0.05, 0) is 43.2 Å². The Hall–Kier alpha value is -2.46. The molecule has 1 unspecified atom stereocenters. The van der Waals surface area contributed by atoms with Crippen LogP contribution in [0.2, 0.25) is 0 Å². The highest BCUT2D eigenvalue weighted by atomic mass is 15.3. The Morgan fingerprint density at radius 1 is 0.969 bits per heavy atom. The molecule has 0 radical (unpaired) electrons. The highest BCUT2D eigenvalue weighted by Crippen LogP contribution is 2.32. The lowest BCUT2D eigenvalue weighted by Gasteiger charge is -2.41. The molecule has 1 aromatic carbocycles. The van der Waals surface area contributed by atoms with Gasteiger partial charge in [0.05, 0.1) is 11.9 Å². The summed E-state index contributed by atoms with van der Waals surface area (Å²) in [6.45, 7) is 13.5. The lowest BCUT2D eigenvalue weighted by atomic mass is 9.92. The van der Waals surface area contributed by atoms with E-state index in [1.165, 1.54) is 36.8 Å². The third-order valence-electron chi connectivity index (χ3n) is 6.60. The van der Waals surface area contributed by atoms with Gasteiger partial charge in [0.1, 0.15) is 0 Å². The lowest BCUT2D eigenvalue weighted by molar-refractivity contribution is 0.126. The van der Waals surface area contributed by atoms with Crippen molar-refractivity contribution in [2.45, 2.75) is 51.0 Å². The van der Waals surface area contributed by atoms with Crippen LogP contribution in [0.1, 0.15) is 56.6 Å². The summed E-state index contributed by atoms with van der Waals surface area (Å²) in [5.41, 5.74) is 3.99. The van der Waals surface area contributed by atoms with E-state index in [1.807, 2.05) is 7.05 Å². The summed E-state index contributed by atoms with van der Waals surface area (Å²) in [5.74, 6) is 1.08. The van der Waals surface area contributed by atoms with Crippen LogP contribution in [0.5, 0.6) is 0 Å². The van der Waals surface area contributed by atoms with E-state index >= 15 is 0 Å². The Kier molecular flexibility index (Phi) is 9.96. The molecule has 1 aliphatic heterocycles. The summed E-state index contributed by atoms with van der Waals surface area (Å²) < 4.78 is 0. The van der Waals surface area contributed by atoms with Gasteiger partial charge in [0.15, 0.2) is 0 Å². The number of hydrogen-bond donors (Lipinski definition) is 2. The Bertz CT molecular complexity index is 772. The van der Waals surface area contributed by atoms with Crippen LogP contribution in [0.3, 0.4) is 0 Å². The number of hydrogen-bond acceptors (Lipinski definition) is 4. The Morgan fingerprint density at radius 2 is 1.72 bits per heavy atom. The predicted molar refractivity (Wildman–Crippen MR) is 137 cm³/mol. The highest BCUT2D eigenvalue weighted by molar-refractivity contribution is 5.36. The zero-order valence-corrected chi connectivity index (χ0v) is 20.0. The van der Waals surface area contributed by atoms with Crippen molar-refractivity contribution in [1.82, 2.24) is 20.4 Å². The van der Waals surface area contributed by atoms with E-state index in [4.69, 9.17) is 0 Å². The van der Waals surface area contributed by atoms with Crippen molar-refractivity contribution in [3.63, 3.8) is 0 Å². The van der Waals surface area contributed by atoms with Gasteiger partial charge in [-0.15, -0.1) is 0 Å². The monoisotopic (exact) mass is 434 g/mol. The molecule has 4 nitrogen and oxygen atoms in total. The van der Waals surface area contributed by atoms with Crippen LogP contribution in [-0.4, -0.2) is 49.6 Å². The molecule has 1 atom stereocenters. The molecule has 1 fully saturated rings. The molecular weight excluding hydrogens is 392 g/mol. The number of piperazine rings is 1. The number of allylic oxidation sites excluding steroid dienone is 3. The number of nitrogens with zero attached hydrogens (tertiary/aromatic N) is 2. The molecule has 0 spiro atoms. The molecule has 2 aliphatic rings. The molecular formula is C28H42N4. The summed E-state index contributed by atoms with van der Waals surface area (Å²) in [6, 6.07) is 11.3. The highest BCUT2D eigenvalue weighted by Gasteiger charge is 2.27. The van der Waals surface area contributed by atoms with E-state index in [1.54, 1.807) is 0 Å². The first kappa shape index (κ1) is 24.2. The van der Waals surface area contributed by atoms with Crippen molar-refractivity contribution >= 4 is 0 Å². The number of rotatable bonds is 13. The molecule has 32 heavy (non-hydrogen) atoms. The quantitative estimate of drug-likeness (QED) is 0.409. The second-order valence-electron chi connectivity index (χ2n) is 8.91. The van der Waals surface area contributed by atoms with Crippen LogP contribution in [0.25, 0.3) is 0 Å². The predicted octanol–water partition coefficient (Wildman–Crippen LogP) is 5.37. The van der Waals surface area contributed by atoms with Gasteiger partial charge in [0.2, 0.25) is 0 Å². The standard InChI is InChI=1S/C28H42N4/c1-24(29-3)14-8-4-5-13-19-30-25(2)31-20-22-32(23-21-31)28(26-15-9-6-10-16-26)27-17-11-7-12-18-27/h6,9-11,15-18,28-30H,1-2,4-5,7-8,12-14,19-23H2,3H3. The molecule has 4 heteroatoms. The van der Waals surface area contributed by atoms with E-state index in [9.17, 15) is 0 Å². The Labute approximate surface area is 195 Å². The van der Waals surface area contributed by atoms with Gasteiger partial charge in [-0.1, -0.05) is 74.6 Å². The van der Waals surface area contributed by atoms with Gasteiger partial charge in [-0.2, -0.15) is 0 Å². The second kappa shape index (κ2) is 13.2. The van der Waals surface area contributed by atoms with Gasteiger partial charge in [-0.3, -0.25) is 4.90 Å². The molecule has 3 rings (SSSR count). The first-order valence-corrected chi connectivity index (χ1v) is 12.4. The van der Waals surface area contributed by atoms with Crippen molar-refractivity contribution in [3.8, 4) is 0 Å². The second-order valence-corrected chi connectivity index (χ2v) is 8.91. The van der Waals surface area contributed by atoms with Crippen LogP contribution in [0.15, 0.2) is 78.8 Å². The van der Waals surface area contributed by atoms with E-state index in [-0.39, 0.29) is 0 Å². The molecule has 174 valence electrons. The smallest absolute Gasteiger partial charge is 0.0939 e. The number of unbranched alkanes of at least 4 members (excludes halogenated alkanes) is 3. The SMILES string of the molecule is C=C(CCCCCCNC(=C)N1CCN(C(C2=CCCC=C2)c2ccccc2)CC1)NC. The molecule has 0 amide bonds. The summed E-state index contributed by atoms with van der Waals surface area (Å²) >= 11 is 0. The number of benzene rings is 1. The zero-order valence-electron chi connectivity index (χ0n) is 20.0. The maximum Gasteiger partial charge on any atom is 0.0939 e. The number of nitrogens with one attached hydrogen (secondary N) is 2. The Morgan fingerprint density at radius 3 is 2.41 bits per heavy atom. The first-order chi connectivity index (χ1) is 15.7. The Balaban J connectivity index is 1.42. The summed E-state index contributed by atoms with van der Waals surface area (Å²) in [7, 11) is 1.95. The fourth-order valence-electron chi connectivity index (χ4n) is 4.62. The third kappa shape index (κ3) is 7.30. The van der Waals surface area contributed by atoms with Crippen LogP contribution in [-0.2, 0) is 0 Å². The van der Waals surface area contributed by atoms with Crippen molar-refractivity contribution in [2.75, 3.05) is 39.8 Å². The van der Waals surface area contributed by atoms with Gasteiger partial charge in [-0.25, -0.2) is 0 Å². The van der Waals surface area contributed by atoms with E-state index in [0.717, 1.165) is 63.5 Å². The van der Waals surface area contributed by atoms with Gasteiger partial charge in [0.25, 0.3) is 0 Å². The minimum Gasteiger partial charge on any atom is -0.392 e. The first-order valence-electron chi connectivity index (χ1n) is 12.4. The van der Waals surface area contributed by atoms with Crippen LogP contribution in [0.4, 0.5) is 0 Å². The third-order valence-corrected chi connectivity index (χ3v) is 6.60. The molecule has 2 N–H and O–H groups in total. The maximum absolute atomic E-state index is 4.32. The van der Waals surface area contributed by atoms with E-state index < -0.39 is 0 Å². The normalized spacial score (nSPS) is 17.5. The fraction of sp³-hybridized carbons (Fsp3) is 0.500. The van der Waals surface area contributed by atoms with Crippen molar-refractivity contribution < 1.29 is 0 Å². The van der Waals surface area contributed by atoms with E-state index in [2.05, 4.69) is 82.2 Å². The van der Waals surface area contributed by atoms with Crippen molar-refractivity contribution in [3.05, 3.63) is 84.4 Å². The van der Waals surface area contributed by atoms with Crippen LogP contribution in [0, 0.1) is 0 Å². The summed E-state index contributed by atoms with van der Waals surface area (Å²) in [5, 5.41) is 6.69. The molecule has 0 aromatic heterocycles. The van der Waals surface area contributed by atoms with Crippen molar-refractivity contribution in [1.29, 1.82) is 0 Å². The molecule has 1 aromatic rings. The van der Waals surface area contributed by atoms with Crippen molar-refractivity contribution in [2.24, 2.45) is 0 Å². The minimum atomic E-state index is 0.357. The van der Waals surface area contributed by atoms with Gasteiger partial charge < -0.3 is 15.5 Å². The molecule has 1 aliphatic carbocycles. The zero-order chi connectivity index (χ0) is 22.6. The fourth-order valence-corrected chi connectivity index (χ4v) is 4.62. The summed E-state index contributed by atoms with van der Waals surface area (Å²) in [6.07, 6.45) is 15.4. The van der Waals surface area contributed by atoms with Crippen LogP contribution < -0.4 is 10.6 Å². The van der Waals surface area contributed by atoms with Gasteiger partial charge in [0, 0.05) is 45.5 Å². The maximum atomic E-state index is 4.32. The minimum absolute atomic E-state index is 0.357. The van der Waals surface area contributed by atoms with Gasteiger partial charge >= 0.3 is 0 Å². The average molecular weight is 435 g/mol. The molecule has 0 saturated carbocycles. The molecule has 1 heterocycles. The topological polar surface area (TPSA) is 30.5 Å². The lowest BCUT2D eigenvalue weighted by Crippen LogP contribution is -2.49.